The summed E-state index contributed by atoms with van der Waals surface area (Å²) < 4.78 is 5.01. The van der Waals surface area contributed by atoms with Gasteiger partial charge in [0.1, 0.15) is 0 Å². The summed E-state index contributed by atoms with van der Waals surface area (Å²) in [5.74, 6) is 0.419. The van der Waals surface area contributed by atoms with Crippen molar-refractivity contribution in [3.05, 3.63) is 29.6 Å². The predicted molar refractivity (Wildman–Crippen MR) is 86.7 cm³/mol. The lowest BCUT2D eigenvalue weighted by Gasteiger charge is -2.36. The molecule has 1 heterocycles. The van der Waals surface area contributed by atoms with Crippen LogP contribution in [0.25, 0.3) is 0 Å². The van der Waals surface area contributed by atoms with Gasteiger partial charge in [-0.05, 0) is 36.8 Å². The fraction of sp³-hybridized carbons (Fsp3) is 0.647. The van der Waals surface area contributed by atoms with Crippen molar-refractivity contribution in [2.24, 2.45) is 5.92 Å². The van der Waals surface area contributed by atoms with E-state index in [1.807, 2.05) is 17.2 Å². The first-order chi connectivity index (χ1) is 10.6. The number of nitrogens with zero attached hydrogens (tertiary/aromatic N) is 2. The molecule has 22 heavy (non-hydrogen) atoms. The Labute approximate surface area is 133 Å². The number of aryl methyl sites for hydroxylation is 1. The van der Waals surface area contributed by atoms with E-state index >= 15 is 0 Å². The van der Waals surface area contributed by atoms with Crippen molar-refractivity contribution >= 4 is 6.03 Å². The Bertz CT molecular complexity index is 491. The van der Waals surface area contributed by atoms with Gasteiger partial charge in [-0.15, -0.1) is 0 Å². The highest BCUT2D eigenvalue weighted by Crippen LogP contribution is 2.33. The monoisotopic (exact) mass is 305 g/mol. The first-order valence-electron chi connectivity index (χ1n) is 8.10. The highest BCUT2D eigenvalue weighted by molar-refractivity contribution is 5.74. The molecule has 0 radical (unpaired) electrons. The summed E-state index contributed by atoms with van der Waals surface area (Å²) in [6.45, 7) is 6.07. The van der Waals surface area contributed by atoms with Crippen LogP contribution in [0.3, 0.4) is 0 Å². The fourth-order valence-corrected chi connectivity index (χ4v) is 2.99. The lowest BCUT2D eigenvalue weighted by Crippen LogP contribution is -2.46. The number of pyridine rings is 1. The number of aromatic nitrogens is 1. The summed E-state index contributed by atoms with van der Waals surface area (Å²) in [5, 5.41) is 2.95. The summed E-state index contributed by atoms with van der Waals surface area (Å²) in [7, 11) is 1.64. The van der Waals surface area contributed by atoms with Gasteiger partial charge in [0.25, 0.3) is 0 Å². The topological polar surface area (TPSA) is 54.5 Å². The minimum absolute atomic E-state index is 0.0192. The highest BCUT2D eigenvalue weighted by atomic mass is 16.5. The van der Waals surface area contributed by atoms with E-state index in [0.717, 1.165) is 31.5 Å². The van der Waals surface area contributed by atoms with Crippen LogP contribution in [0.2, 0.25) is 0 Å². The second kappa shape index (κ2) is 8.13. The zero-order valence-electron chi connectivity index (χ0n) is 13.8. The molecule has 1 aromatic rings. The molecular formula is C17H27N3O2. The molecule has 0 fully saturated rings. The third kappa shape index (κ3) is 4.19. The smallest absolute Gasteiger partial charge is 0.318 e. The Balaban J connectivity index is 2.17. The molecule has 0 bridgehead atoms. The number of methoxy groups -OCH3 is 1. The van der Waals surface area contributed by atoms with Gasteiger partial charge in [-0.1, -0.05) is 19.9 Å². The van der Waals surface area contributed by atoms with Crippen LogP contribution in [0.5, 0.6) is 0 Å². The molecule has 0 saturated heterocycles. The van der Waals surface area contributed by atoms with Crippen LogP contribution >= 0.6 is 0 Å². The fourth-order valence-electron chi connectivity index (χ4n) is 2.99. The lowest BCUT2D eigenvalue weighted by molar-refractivity contribution is 0.148. The van der Waals surface area contributed by atoms with Crippen molar-refractivity contribution in [3.63, 3.8) is 0 Å². The first kappa shape index (κ1) is 16.7. The van der Waals surface area contributed by atoms with Gasteiger partial charge in [0.05, 0.1) is 18.3 Å². The molecule has 0 aliphatic heterocycles. The third-order valence-corrected chi connectivity index (χ3v) is 3.95. The van der Waals surface area contributed by atoms with Crippen molar-refractivity contribution in [1.29, 1.82) is 0 Å². The van der Waals surface area contributed by atoms with Crippen LogP contribution in [-0.4, -0.2) is 42.7 Å². The Morgan fingerprint density at radius 1 is 1.55 bits per heavy atom. The minimum Gasteiger partial charge on any atom is -0.383 e. The molecule has 1 atom stereocenters. The van der Waals surface area contributed by atoms with Gasteiger partial charge in [0, 0.05) is 26.4 Å². The van der Waals surface area contributed by atoms with Gasteiger partial charge < -0.3 is 15.0 Å². The van der Waals surface area contributed by atoms with E-state index in [0.29, 0.717) is 19.1 Å². The Kier molecular flexibility index (Phi) is 6.19. The molecule has 1 aromatic heterocycles. The van der Waals surface area contributed by atoms with Crippen LogP contribution in [0.1, 0.15) is 44.0 Å². The van der Waals surface area contributed by atoms with E-state index < -0.39 is 0 Å². The summed E-state index contributed by atoms with van der Waals surface area (Å²) in [6, 6.07) is 4.17. The molecule has 0 aromatic carbocycles. The number of urea groups is 1. The number of rotatable bonds is 6. The quantitative estimate of drug-likeness (QED) is 0.822. The van der Waals surface area contributed by atoms with Gasteiger partial charge in [0.15, 0.2) is 0 Å². The zero-order valence-corrected chi connectivity index (χ0v) is 13.8. The van der Waals surface area contributed by atoms with E-state index in [-0.39, 0.29) is 12.1 Å². The number of hydrogen-bond acceptors (Lipinski definition) is 3. The number of ether oxygens (including phenoxy) is 1. The Morgan fingerprint density at radius 2 is 2.36 bits per heavy atom. The van der Waals surface area contributed by atoms with Crippen molar-refractivity contribution < 1.29 is 9.53 Å². The molecule has 122 valence electrons. The van der Waals surface area contributed by atoms with Crippen LogP contribution in [-0.2, 0) is 11.2 Å². The SMILES string of the molecule is COCCNC(=O)N(CC(C)C)[C@H]1CCCc2cccnc21. The molecule has 1 aliphatic rings. The number of fused-ring (bicyclic) bond motifs is 1. The molecule has 5 nitrogen and oxygen atoms in total. The van der Waals surface area contributed by atoms with Gasteiger partial charge in [-0.25, -0.2) is 4.79 Å². The number of carbonyl (C=O) groups is 1. The van der Waals surface area contributed by atoms with Crippen molar-refractivity contribution in [3.8, 4) is 0 Å². The molecule has 0 saturated carbocycles. The van der Waals surface area contributed by atoms with Crippen LogP contribution in [0, 0.1) is 5.92 Å². The van der Waals surface area contributed by atoms with Gasteiger partial charge >= 0.3 is 6.03 Å². The summed E-state index contributed by atoms with van der Waals surface area (Å²) >= 11 is 0. The van der Waals surface area contributed by atoms with Crippen LogP contribution in [0.15, 0.2) is 18.3 Å². The number of nitrogens with one attached hydrogen (secondary N) is 1. The maximum atomic E-state index is 12.6. The first-order valence-corrected chi connectivity index (χ1v) is 8.10. The average Bonchev–Trinajstić information content (AvgIpc) is 2.52. The van der Waals surface area contributed by atoms with E-state index in [9.17, 15) is 4.79 Å². The van der Waals surface area contributed by atoms with Crippen LogP contribution in [0.4, 0.5) is 4.79 Å². The van der Waals surface area contributed by atoms with E-state index in [2.05, 4.69) is 30.2 Å². The third-order valence-electron chi connectivity index (χ3n) is 3.95. The van der Waals surface area contributed by atoms with Crippen molar-refractivity contribution in [1.82, 2.24) is 15.2 Å². The maximum absolute atomic E-state index is 12.6. The molecule has 2 rings (SSSR count). The van der Waals surface area contributed by atoms with Crippen molar-refractivity contribution in [2.45, 2.75) is 39.2 Å². The molecule has 2 amide bonds. The van der Waals surface area contributed by atoms with E-state index in [1.165, 1.54) is 5.56 Å². The summed E-state index contributed by atoms with van der Waals surface area (Å²) in [4.78, 5) is 19.1. The largest absolute Gasteiger partial charge is 0.383 e. The average molecular weight is 305 g/mol. The maximum Gasteiger partial charge on any atom is 0.318 e. The molecule has 0 unspecified atom stereocenters. The predicted octanol–water partition coefficient (Wildman–Crippen LogP) is 2.77. The van der Waals surface area contributed by atoms with E-state index in [4.69, 9.17) is 4.74 Å². The van der Waals surface area contributed by atoms with Crippen molar-refractivity contribution in [2.75, 3.05) is 26.8 Å². The normalized spacial score (nSPS) is 17.2. The summed E-state index contributed by atoms with van der Waals surface area (Å²) in [6.07, 6.45) is 4.96. The molecule has 5 heteroatoms. The highest BCUT2D eigenvalue weighted by Gasteiger charge is 2.30. The lowest BCUT2D eigenvalue weighted by atomic mass is 9.90. The second-order valence-corrected chi connectivity index (χ2v) is 6.23. The van der Waals surface area contributed by atoms with Gasteiger partial charge in [0.2, 0.25) is 0 Å². The molecule has 1 aliphatic carbocycles. The Morgan fingerprint density at radius 3 is 3.09 bits per heavy atom. The van der Waals surface area contributed by atoms with Crippen LogP contribution < -0.4 is 5.32 Å². The molecular weight excluding hydrogens is 278 g/mol. The zero-order chi connectivity index (χ0) is 15.9. The number of carbonyl (C=O) groups excluding carboxylic acids is 1. The molecule has 0 spiro atoms. The Hall–Kier alpha value is -1.62. The number of hydrogen-bond donors (Lipinski definition) is 1. The second-order valence-electron chi connectivity index (χ2n) is 6.23. The van der Waals surface area contributed by atoms with Gasteiger partial charge in [-0.3, -0.25) is 4.98 Å². The van der Waals surface area contributed by atoms with E-state index in [1.54, 1.807) is 7.11 Å². The summed E-state index contributed by atoms with van der Waals surface area (Å²) in [5.41, 5.74) is 2.34. The van der Waals surface area contributed by atoms with Gasteiger partial charge in [-0.2, -0.15) is 0 Å². The molecule has 1 N–H and O–H groups in total. The standard InChI is InChI=1S/C17H27N3O2/c1-13(2)12-20(17(21)19-10-11-22-3)15-8-4-6-14-7-5-9-18-16(14)15/h5,7,9,13,15H,4,6,8,10-12H2,1-3H3,(H,19,21)/t15-/m0/s1. The number of amides is 2. The minimum atomic E-state index is -0.0192.